The van der Waals surface area contributed by atoms with Gasteiger partial charge in [-0.25, -0.2) is 0 Å². The Labute approximate surface area is 337 Å². The number of rotatable bonds is 38. The maximum atomic E-state index is 12.7. The van der Waals surface area contributed by atoms with E-state index in [4.69, 9.17) is 14.2 Å². The first-order chi connectivity index (χ1) is 26.6. The quantitative estimate of drug-likeness (QED) is 0.0266. The van der Waals surface area contributed by atoms with Gasteiger partial charge in [0.15, 0.2) is 6.10 Å². The second kappa shape index (κ2) is 37.9. The van der Waals surface area contributed by atoms with Gasteiger partial charge in [0.2, 0.25) is 0 Å². The predicted molar refractivity (Wildman–Crippen MR) is 226 cm³/mol. The van der Waals surface area contributed by atoms with Crippen molar-refractivity contribution in [3.05, 3.63) is 60.8 Å². The van der Waals surface area contributed by atoms with Gasteiger partial charge in [-0.1, -0.05) is 158 Å². The highest BCUT2D eigenvalue weighted by molar-refractivity contribution is 5.70. The van der Waals surface area contributed by atoms with Crippen LogP contribution in [0.2, 0.25) is 0 Å². The van der Waals surface area contributed by atoms with Gasteiger partial charge in [0.1, 0.15) is 12.6 Å². The van der Waals surface area contributed by atoms with Crippen LogP contribution in [0.15, 0.2) is 60.8 Å². The van der Waals surface area contributed by atoms with E-state index in [-0.39, 0.29) is 49.1 Å². The maximum absolute atomic E-state index is 12.7. The molecule has 0 aliphatic rings. The number of carboxylic acid groups (broad SMARTS) is 1. The van der Waals surface area contributed by atoms with Crippen molar-refractivity contribution in [1.82, 2.24) is 0 Å². The van der Waals surface area contributed by atoms with Gasteiger partial charge in [0, 0.05) is 19.3 Å². The van der Waals surface area contributed by atoms with E-state index >= 15 is 0 Å². The van der Waals surface area contributed by atoms with E-state index < -0.39 is 18.1 Å². The zero-order valence-electron chi connectivity index (χ0n) is 35.8. The van der Waals surface area contributed by atoms with Crippen LogP contribution in [0.5, 0.6) is 0 Å². The summed E-state index contributed by atoms with van der Waals surface area (Å²) in [5.74, 6) is -1.81. The lowest BCUT2D eigenvalue weighted by atomic mass is 10.0. The average molecular weight is 772 g/mol. The third kappa shape index (κ3) is 36.4. The molecule has 8 nitrogen and oxygen atoms in total. The van der Waals surface area contributed by atoms with Crippen molar-refractivity contribution < 1.29 is 38.2 Å². The largest absolute Gasteiger partial charge is 0.544 e. The Kier molecular flexibility index (Phi) is 35.9. The second-order valence-electron chi connectivity index (χ2n) is 15.6. The molecule has 0 heterocycles. The molecule has 0 aromatic carbocycles. The molecule has 0 aromatic heterocycles. The van der Waals surface area contributed by atoms with Crippen molar-refractivity contribution in [1.29, 1.82) is 0 Å². The van der Waals surface area contributed by atoms with Gasteiger partial charge in [-0.15, -0.1) is 0 Å². The Bertz CT molecular complexity index is 1090. The minimum absolute atomic E-state index is 0.0174. The Balaban J connectivity index is 4.46. The van der Waals surface area contributed by atoms with Crippen molar-refractivity contribution in [3.8, 4) is 0 Å². The molecule has 2 unspecified atom stereocenters. The molecule has 0 saturated heterocycles. The van der Waals surface area contributed by atoms with E-state index in [1.54, 1.807) is 21.1 Å². The lowest BCUT2D eigenvalue weighted by Crippen LogP contribution is -2.55. The van der Waals surface area contributed by atoms with Gasteiger partial charge in [-0.05, 0) is 51.4 Å². The molecule has 0 N–H and O–H groups in total. The summed E-state index contributed by atoms with van der Waals surface area (Å²) in [5.41, 5.74) is 0. The van der Waals surface area contributed by atoms with E-state index in [0.717, 1.165) is 57.8 Å². The minimum atomic E-state index is -1.14. The molecule has 0 radical (unpaired) electrons. The third-order valence-electron chi connectivity index (χ3n) is 9.42. The van der Waals surface area contributed by atoms with Crippen LogP contribution in [0.25, 0.3) is 0 Å². The van der Waals surface area contributed by atoms with E-state index in [9.17, 15) is 19.5 Å². The first-order valence-electron chi connectivity index (χ1n) is 21.8. The smallest absolute Gasteiger partial charge is 0.306 e. The first kappa shape index (κ1) is 52.0. The Morgan fingerprint density at radius 3 is 1.49 bits per heavy atom. The highest BCUT2D eigenvalue weighted by atomic mass is 16.6. The average Bonchev–Trinajstić information content (AvgIpc) is 3.14. The molecule has 0 fully saturated rings. The number of nitrogens with zero attached hydrogens (tertiary/aromatic N) is 1. The molecule has 0 aliphatic heterocycles. The fraction of sp³-hybridized carbons (Fsp3) is 0.723. The number of quaternary nitrogens is 1. The summed E-state index contributed by atoms with van der Waals surface area (Å²) >= 11 is 0. The summed E-state index contributed by atoms with van der Waals surface area (Å²) in [4.78, 5) is 36.8. The fourth-order valence-corrected chi connectivity index (χ4v) is 6.05. The molecule has 0 aromatic rings. The van der Waals surface area contributed by atoms with Gasteiger partial charge in [0.05, 0.1) is 40.3 Å². The van der Waals surface area contributed by atoms with E-state index in [1.807, 2.05) is 0 Å². The summed E-state index contributed by atoms with van der Waals surface area (Å²) in [6, 6.07) is -0.736. The molecule has 0 saturated carbocycles. The zero-order chi connectivity index (χ0) is 40.7. The van der Waals surface area contributed by atoms with Crippen LogP contribution in [0, 0.1) is 0 Å². The number of carboxylic acids is 1. The number of unbranched alkanes of at least 4 members (excludes halogenated alkanes) is 14. The van der Waals surface area contributed by atoms with E-state index in [2.05, 4.69) is 74.6 Å². The van der Waals surface area contributed by atoms with Crippen molar-refractivity contribution in [2.24, 2.45) is 0 Å². The molecule has 8 heteroatoms. The van der Waals surface area contributed by atoms with Crippen molar-refractivity contribution in [3.63, 3.8) is 0 Å². The summed E-state index contributed by atoms with van der Waals surface area (Å²) < 4.78 is 17.1. The Morgan fingerprint density at radius 2 is 1.02 bits per heavy atom. The minimum Gasteiger partial charge on any atom is -0.544 e. The summed E-state index contributed by atoms with van der Waals surface area (Å²) in [5, 5.41) is 11.6. The summed E-state index contributed by atoms with van der Waals surface area (Å²) in [7, 11) is 5.38. The topological polar surface area (TPSA) is 102 Å². The summed E-state index contributed by atoms with van der Waals surface area (Å²) in [6.45, 7) is 4.48. The predicted octanol–water partition coefficient (Wildman–Crippen LogP) is 10.5. The van der Waals surface area contributed by atoms with Gasteiger partial charge in [-0.2, -0.15) is 0 Å². The number of carbonyl (C=O) groups is 3. The molecule has 2 atom stereocenters. The number of likely N-dealkylation sites (N-methyl/N-ethyl adjacent to an activating group) is 1. The number of allylic oxidation sites excluding steroid dienone is 10. The number of hydrogen-bond acceptors (Lipinski definition) is 7. The molecular formula is C47H81NO7. The number of ether oxygens (including phenoxy) is 3. The highest BCUT2D eigenvalue weighted by Crippen LogP contribution is 2.14. The molecular weight excluding hydrogens is 691 g/mol. The molecule has 316 valence electrons. The van der Waals surface area contributed by atoms with Crippen LogP contribution < -0.4 is 5.11 Å². The fourth-order valence-electron chi connectivity index (χ4n) is 6.05. The number of aliphatic carboxylic acids is 1. The van der Waals surface area contributed by atoms with E-state index in [0.29, 0.717) is 12.8 Å². The standard InChI is InChI=1S/C47H81NO7/c1-6-8-10-12-14-16-18-20-22-23-24-26-28-30-32-34-36-38-46(50)55-43(41-53-40-39-44(47(51)52)48(3,4)5)42-54-45(49)37-35-33-31-29-27-25-21-19-17-15-13-11-9-7-2/h8,10,14,16,20,22,24,26,30,32,43-44H,6-7,9,11-13,15,17-19,21,23,25,27-29,31,33-42H2,1-5H3/b10-8+,16-14+,22-20+,26-24+,32-30+. The van der Waals surface area contributed by atoms with Crippen molar-refractivity contribution in [2.45, 2.75) is 180 Å². The first-order valence-corrected chi connectivity index (χ1v) is 21.8. The van der Waals surface area contributed by atoms with Crippen LogP contribution in [-0.2, 0) is 28.6 Å². The number of esters is 2. The second-order valence-corrected chi connectivity index (χ2v) is 15.6. The van der Waals surface area contributed by atoms with Crippen LogP contribution in [-0.4, -0.2) is 75.5 Å². The third-order valence-corrected chi connectivity index (χ3v) is 9.42. The van der Waals surface area contributed by atoms with Crippen molar-refractivity contribution >= 4 is 17.9 Å². The van der Waals surface area contributed by atoms with Crippen LogP contribution in [0.4, 0.5) is 0 Å². The lowest BCUT2D eigenvalue weighted by Gasteiger charge is -2.34. The molecule has 0 rings (SSSR count). The Hall–Kier alpha value is -2.97. The highest BCUT2D eigenvalue weighted by Gasteiger charge is 2.25. The molecule has 0 bridgehead atoms. The van der Waals surface area contributed by atoms with Gasteiger partial charge in [-0.3, -0.25) is 9.59 Å². The molecule has 0 spiro atoms. The normalized spacial score (nSPS) is 13.5. The summed E-state index contributed by atoms with van der Waals surface area (Å²) in [6.07, 6.45) is 45.3. The Morgan fingerprint density at radius 1 is 0.564 bits per heavy atom. The van der Waals surface area contributed by atoms with Gasteiger partial charge in [0.25, 0.3) is 0 Å². The molecule has 0 amide bonds. The van der Waals surface area contributed by atoms with Crippen LogP contribution in [0.3, 0.4) is 0 Å². The van der Waals surface area contributed by atoms with Gasteiger partial charge >= 0.3 is 11.9 Å². The zero-order valence-corrected chi connectivity index (χ0v) is 35.8. The lowest BCUT2D eigenvalue weighted by molar-refractivity contribution is -0.889. The van der Waals surface area contributed by atoms with Crippen molar-refractivity contribution in [2.75, 3.05) is 41.0 Å². The molecule has 0 aliphatic carbocycles. The SMILES string of the molecule is CC/C=C/C/C=C/C/C=C/C/C=C/C/C=C/CCCC(=O)OC(COCCC(C(=O)[O-])[N+](C)(C)C)COC(=O)CCCCCCCCCCCCCCCC. The maximum Gasteiger partial charge on any atom is 0.306 e. The van der Waals surface area contributed by atoms with E-state index in [1.165, 1.54) is 70.6 Å². The van der Waals surface area contributed by atoms with Gasteiger partial charge < -0.3 is 28.6 Å². The molecule has 55 heavy (non-hydrogen) atoms. The van der Waals surface area contributed by atoms with Crippen LogP contribution in [0.1, 0.15) is 168 Å². The monoisotopic (exact) mass is 772 g/mol. The number of hydrogen-bond donors (Lipinski definition) is 0. The van der Waals surface area contributed by atoms with Crippen LogP contribution >= 0.6 is 0 Å². The number of carbonyl (C=O) groups excluding carboxylic acids is 3.